The number of ether oxygens (including phenoxy) is 5. The zero-order valence-electron chi connectivity index (χ0n) is 33.1. The third-order valence-electron chi connectivity index (χ3n) is 10.3. The molecule has 0 saturated heterocycles. The Bertz CT molecular complexity index is 3110. The molecule has 0 bridgehead atoms. The van der Waals surface area contributed by atoms with Crippen molar-refractivity contribution >= 4 is 76.6 Å². The highest BCUT2D eigenvalue weighted by molar-refractivity contribution is 7.86. The minimum absolute atomic E-state index is 0.0827. The van der Waals surface area contributed by atoms with Crippen LogP contribution in [0, 0.1) is 0 Å². The highest BCUT2D eigenvalue weighted by Crippen LogP contribution is 2.43. The Labute approximate surface area is 350 Å². The van der Waals surface area contributed by atoms with Gasteiger partial charge >= 0.3 is 0 Å². The molecule has 0 radical (unpaired) electrons. The van der Waals surface area contributed by atoms with E-state index in [1.54, 1.807) is 62.8 Å². The minimum atomic E-state index is -4.69. The molecule has 0 aliphatic carbocycles. The van der Waals surface area contributed by atoms with Crippen molar-refractivity contribution in [3.8, 4) is 28.7 Å². The van der Waals surface area contributed by atoms with Gasteiger partial charge in [-0.1, -0.05) is 91.0 Å². The molecule has 61 heavy (non-hydrogen) atoms. The van der Waals surface area contributed by atoms with Crippen molar-refractivity contribution in [2.45, 2.75) is 4.90 Å². The largest absolute Gasteiger partial charge is 0.498 e. The highest BCUT2D eigenvalue weighted by Gasteiger charge is 2.31. The molecule has 1 aliphatic heterocycles. The van der Waals surface area contributed by atoms with Crippen LogP contribution in [0.5, 0.6) is 28.7 Å². The first-order valence-corrected chi connectivity index (χ1v) is 20.5. The monoisotopic (exact) mass is 834 g/mol. The Hall–Kier alpha value is -7.43. The van der Waals surface area contributed by atoms with Crippen LogP contribution >= 0.6 is 0 Å². The molecule has 14 nitrogen and oxygen atoms in total. The zero-order chi connectivity index (χ0) is 42.1. The first-order valence-electron chi connectivity index (χ1n) is 19.0. The van der Waals surface area contributed by atoms with E-state index in [0.29, 0.717) is 67.1 Å². The fourth-order valence-electron chi connectivity index (χ4n) is 7.48. The number of hydrogen-bond donors (Lipinski definition) is 3. The van der Waals surface area contributed by atoms with Crippen molar-refractivity contribution < 1.29 is 46.9 Å². The molecule has 0 spiro atoms. The molecule has 2 atom stereocenters. The van der Waals surface area contributed by atoms with E-state index in [4.69, 9.17) is 34.5 Å². The van der Waals surface area contributed by atoms with Crippen LogP contribution in [0.15, 0.2) is 161 Å². The standard InChI is InChI=1S/C46H38N6O8S/c1-56-38-19-11-10-18-36(38)48-47-31-22-25-39-37(26-31)51(49-44-32-14-6-4-12-29(32)20-23-40(44)57-2)52(46-33-15-7-5-13-30(33)21-24-41(46)60-28-59-39)50-45-35-17-9-8-16-34(35)43(61(53,54)55)27-42(45)58-3/h4-27,51-52H,28H2,1-3H3,(H,53,54,55). The van der Waals surface area contributed by atoms with E-state index in [2.05, 4.69) is 10.2 Å². The fourth-order valence-corrected chi connectivity index (χ4v) is 8.19. The van der Waals surface area contributed by atoms with Gasteiger partial charge in [0.15, 0.2) is 11.5 Å². The Morgan fingerprint density at radius 1 is 0.574 bits per heavy atom. The van der Waals surface area contributed by atoms with Crippen LogP contribution < -0.4 is 33.9 Å². The lowest BCUT2D eigenvalue weighted by atomic mass is 10.1. The molecular weight excluding hydrogens is 797 g/mol. The summed E-state index contributed by atoms with van der Waals surface area (Å²) < 4.78 is 66.2. The van der Waals surface area contributed by atoms with E-state index in [0.717, 1.165) is 21.5 Å². The number of fused-ring (bicyclic) bond motifs is 6. The van der Waals surface area contributed by atoms with Gasteiger partial charge in [0, 0.05) is 17.5 Å². The van der Waals surface area contributed by atoms with Gasteiger partial charge in [0.2, 0.25) is 18.2 Å². The van der Waals surface area contributed by atoms with E-state index in [-0.39, 0.29) is 28.5 Å². The summed E-state index contributed by atoms with van der Waals surface area (Å²) in [6.45, 7) is -0.173. The Kier molecular flexibility index (Phi) is 10.4. The molecule has 9 rings (SSSR count). The van der Waals surface area contributed by atoms with Crippen molar-refractivity contribution in [2.75, 3.05) is 28.1 Å². The van der Waals surface area contributed by atoms with Crippen molar-refractivity contribution in [2.24, 2.45) is 10.2 Å². The molecule has 1 aliphatic rings. The number of quaternary nitrogens is 2. The number of hydrogen-bond acceptors (Lipinski definition) is 9. The summed E-state index contributed by atoms with van der Waals surface area (Å²) in [6, 6.07) is 44.0. The molecule has 0 amide bonds. The van der Waals surface area contributed by atoms with Crippen LogP contribution in [0.3, 0.4) is 0 Å². The average molecular weight is 835 g/mol. The summed E-state index contributed by atoms with van der Waals surface area (Å²) in [4.78, 5) is -0.328. The maximum atomic E-state index is 12.8. The van der Waals surface area contributed by atoms with Gasteiger partial charge in [-0.3, -0.25) is 4.55 Å². The van der Waals surface area contributed by atoms with Crippen LogP contribution in [0.25, 0.3) is 43.2 Å². The topological polar surface area (TPSA) is 162 Å². The molecule has 0 aromatic heterocycles. The first kappa shape index (κ1) is 39.1. The molecule has 8 aromatic carbocycles. The quantitative estimate of drug-likeness (QED) is 0.0907. The number of rotatable bonds is 10. The van der Waals surface area contributed by atoms with Gasteiger partial charge in [-0.25, -0.2) is 0 Å². The fraction of sp³-hybridized carbons (Fsp3) is 0.0870. The summed E-state index contributed by atoms with van der Waals surface area (Å²) >= 11 is 0. The van der Waals surface area contributed by atoms with Gasteiger partial charge in [-0.15, -0.1) is 5.11 Å². The molecule has 8 aromatic rings. The van der Waals surface area contributed by atoms with Gasteiger partial charge in [0.25, 0.3) is 10.1 Å². The summed E-state index contributed by atoms with van der Waals surface area (Å²) in [5.41, 5.74) is 13.8. The molecule has 0 saturated carbocycles. The van der Waals surface area contributed by atoms with Gasteiger partial charge in [0.1, 0.15) is 27.8 Å². The number of nitrogens with zero attached hydrogens (tertiary/aromatic N) is 4. The summed E-state index contributed by atoms with van der Waals surface area (Å²) in [5.74, 6) is 1.97. The van der Waals surface area contributed by atoms with Crippen LogP contribution in [-0.2, 0) is 10.1 Å². The van der Waals surface area contributed by atoms with Gasteiger partial charge < -0.3 is 34.5 Å². The second kappa shape index (κ2) is 16.3. The van der Waals surface area contributed by atoms with Crippen LogP contribution in [0.2, 0.25) is 0 Å². The normalized spacial score (nSPS) is 15.1. The van der Waals surface area contributed by atoms with Gasteiger partial charge in [0.05, 0.1) is 32.4 Å². The predicted molar refractivity (Wildman–Crippen MR) is 232 cm³/mol. The summed E-state index contributed by atoms with van der Waals surface area (Å²) in [6.07, 6.45) is 0. The van der Waals surface area contributed by atoms with E-state index in [1.165, 1.54) is 13.2 Å². The number of nitrogens with one attached hydrogen (secondary N) is 2. The zero-order valence-corrected chi connectivity index (χ0v) is 33.9. The van der Waals surface area contributed by atoms with Crippen LogP contribution in [0.4, 0.5) is 34.1 Å². The molecule has 15 heteroatoms. The SMILES string of the molecule is COc1ccccc1N=Nc1ccc2c(c1)[NH+]([N-]c1c(OC)ccc3ccccc13)[NH+]([N-]c1c(OC)cc(S(=O)(=O)O)c3ccccc13)c1c(ccc3ccccc13)OCO2. The first-order chi connectivity index (χ1) is 29.7. The molecule has 2 unspecified atom stereocenters. The second-order valence-corrected chi connectivity index (χ2v) is 15.2. The lowest BCUT2D eigenvalue weighted by molar-refractivity contribution is -1.41. The van der Waals surface area contributed by atoms with Crippen molar-refractivity contribution in [1.29, 1.82) is 0 Å². The Morgan fingerprint density at radius 2 is 1.16 bits per heavy atom. The third-order valence-corrected chi connectivity index (χ3v) is 11.2. The third kappa shape index (κ3) is 7.42. The van der Waals surface area contributed by atoms with Crippen molar-refractivity contribution in [3.63, 3.8) is 0 Å². The lowest BCUT2D eigenvalue weighted by Crippen LogP contribution is -3.51. The smallest absolute Gasteiger partial charge is 0.295 e. The van der Waals surface area contributed by atoms with E-state index in [1.807, 2.05) is 91.0 Å². The van der Waals surface area contributed by atoms with Gasteiger partial charge in [-0.2, -0.15) is 23.8 Å². The van der Waals surface area contributed by atoms with E-state index >= 15 is 0 Å². The average Bonchev–Trinajstić information content (AvgIpc) is 3.34. The summed E-state index contributed by atoms with van der Waals surface area (Å²) in [7, 11) is -0.118. The van der Waals surface area contributed by atoms with E-state index in [9.17, 15) is 13.0 Å². The maximum Gasteiger partial charge on any atom is 0.295 e. The Balaban J connectivity index is 1.35. The van der Waals surface area contributed by atoms with Crippen LogP contribution in [-0.4, -0.2) is 41.1 Å². The molecule has 1 heterocycles. The second-order valence-electron chi connectivity index (χ2n) is 13.8. The van der Waals surface area contributed by atoms with Crippen LogP contribution in [0.1, 0.15) is 0 Å². The molecule has 3 N–H and O–H groups in total. The number of benzene rings is 8. The number of azo groups is 1. The highest BCUT2D eigenvalue weighted by atomic mass is 32.2. The molecule has 306 valence electrons. The predicted octanol–water partition coefficient (Wildman–Crippen LogP) is 9.45. The molecule has 0 fully saturated rings. The minimum Gasteiger partial charge on any atom is -0.498 e. The number of para-hydroxylation sites is 1. The number of methoxy groups -OCH3 is 3. The summed E-state index contributed by atoms with van der Waals surface area (Å²) in [5, 5.41) is 13.8. The lowest BCUT2D eigenvalue weighted by Gasteiger charge is -2.44. The van der Waals surface area contributed by atoms with E-state index < -0.39 is 10.1 Å². The Morgan fingerprint density at radius 3 is 1.92 bits per heavy atom. The molecular formula is C46H38N6O8S. The van der Waals surface area contributed by atoms with Crippen molar-refractivity contribution in [3.05, 3.63) is 156 Å². The van der Waals surface area contributed by atoms with Gasteiger partial charge in [-0.05, 0) is 75.4 Å². The van der Waals surface area contributed by atoms with Crippen molar-refractivity contribution in [1.82, 2.24) is 0 Å². The maximum absolute atomic E-state index is 12.8.